The molecule has 1 aliphatic rings. The maximum absolute atomic E-state index is 14.0. The summed E-state index contributed by atoms with van der Waals surface area (Å²) in [5.41, 5.74) is -1.13. The average molecular weight is 574 g/mol. The van der Waals surface area contributed by atoms with Crippen molar-refractivity contribution in [3.05, 3.63) is 65.4 Å². The number of benzene rings is 2. The van der Waals surface area contributed by atoms with Crippen LogP contribution >= 0.6 is 12.4 Å². The van der Waals surface area contributed by atoms with E-state index >= 15 is 0 Å². The lowest BCUT2D eigenvalue weighted by Gasteiger charge is -2.29. The Morgan fingerprint density at radius 3 is 2.33 bits per heavy atom. The number of morpholine rings is 1. The standard InChI is InChI=1S/C25H24F5N5O3.ClH/c1-31-24(36)15-10-17(26)18(27)11-20(15)33-21-12-23(32-13-16(21)25(28,29)30)34-19-4-3-14(9-22(19)37-2)35-5-7-38-8-6-35;/h3-4,9-13H,5-8H2,1-2H3,(H,31,36)(H2,32,33,34);1H. The van der Waals surface area contributed by atoms with Crippen LogP contribution in [-0.2, 0) is 10.9 Å². The zero-order valence-corrected chi connectivity index (χ0v) is 21.6. The Kier molecular flexibility index (Phi) is 9.41. The fraction of sp³-hybridized carbons (Fsp3) is 0.280. The summed E-state index contributed by atoms with van der Waals surface area (Å²) in [5, 5.41) is 7.59. The van der Waals surface area contributed by atoms with Crippen LogP contribution in [0.5, 0.6) is 5.75 Å². The van der Waals surface area contributed by atoms with Crippen LogP contribution in [0.2, 0.25) is 0 Å². The number of hydrogen-bond donors (Lipinski definition) is 3. The van der Waals surface area contributed by atoms with Gasteiger partial charge < -0.3 is 30.3 Å². The van der Waals surface area contributed by atoms with E-state index in [-0.39, 0.29) is 29.5 Å². The molecule has 0 bridgehead atoms. The van der Waals surface area contributed by atoms with Crippen molar-refractivity contribution in [3.63, 3.8) is 0 Å². The second kappa shape index (κ2) is 12.3. The van der Waals surface area contributed by atoms with Crippen LogP contribution in [0.1, 0.15) is 15.9 Å². The number of carbonyl (C=O) groups excluding carboxylic acids is 1. The van der Waals surface area contributed by atoms with Crippen molar-refractivity contribution >= 4 is 46.9 Å². The third kappa shape index (κ3) is 6.79. The van der Waals surface area contributed by atoms with Crippen molar-refractivity contribution in [3.8, 4) is 5.75 Å². The zero-order valence-electron chi connectivity index (χ0n) is 20.8. The second-order valence-electron chi connectivity index (χ2n) is 8.24. The molecule has 1 aromatic heterocycles. The van der Waals surface area contributed by atoms with E-state index in [1.807, 2.05) is 6.07 Å². The molecule has 0 unspecified atom stereocenters. The van der Waals surface area contributed by atoms with Gasteiger partial charge in [0.1, 0.15) is 11.6 Å². The third-order valence-corrected chi connectivity index (χ3v) is 5.83. The number of ether oxygens (including phenoxy) is 2. The molecule has 2 heterocycles. The Labute approximate surface area is 226 Å². The summed E-state index contributed by atoms with van der Waals surface area (Å²) < 4.78 is 79.9. The highest BCUT2D eigenvalue weighted by Gasteiger charge is 2.35. The number of pyridine rings is 1. The molecule has 0 atom stereocenters. The first-order valence-electron chi connectivity index (χ1n) is 11.4. The Morgan fingerprint density at radius 1 is 1.00 bits per heavy atom. The van der Waals surface area contributed by atoms with Crippen molar-refractivity contribution < 1.29 is 36.2 Å². The number of carbonyl (C=O) groups is 1. The molecule has 8 nitrogen and oxygen atoms in total. The number of alkyl halides is 3. The van der Waals surface area contributed by atoms with Gasteiger partial charge in [-0.3, -0.25) is 4.79 Å². The highest BCUT2D eigenvalue weighted by atomic mass is 35.5. The monoisotopic (exact) mass is 573 g/mol. The molecular weight excluding hydrogens is 549 g/mol. The number of aromatic nitrogens is 1. The molecule has 14 heteroatoms. The van der Waals surface area contributed by atoms with Gasteiger partial charge in [-0.2, -0.15) is 13.2 Å². The normalized spacial score (nSPS) is 13.4. The smallest absolute Gasteiger partial charge is 0.419 e. The van der Waals surface area contributed by atoms with Crippen LogP contribution in [0.15, 0.2) is 42.6 Å². The molecule has 1 fully saturated rings. The lowest BCUT2D eigenvalue weighted by atomic mass is 10.1. The van der Waals surface area contributed by atoms with E-state index in [0.29, 0.717) is 56.1 Å². The van der Waals surface area contributed by atoms with E-state index in [1.54, 1.807) is 12.1 Å². The zero-order chi connectivity index (χ0) is 27.4. The number of halogens is 6. The topological polar surface area (TPSA) is 87.8 Å². The SMILES string of the molecule is CNC(=O)c1cc(F)c(F)cc1Nc1cc(Nc2ccc(N3CCOCC3)cc2OC)ncc1C(F)(F)F.Cl. The van der Waals surface area contributed by atoms with E-state index in [2.05, 4.69) is 25.8 Å². The summed E-state index contributed by atoms with van der Waals surface area (Å²) >= 11 is 0. The minimum absolute atomic E-state index is 0. The number of amides is 1. The molecule has 0 aliphatic carbocycles. The molecule has 210 valence electrons. The van der Waals surface area contributed by atoms with E-state index in [9.17, 15) is 26.7 Å². The first-order chi connectivity index (χ1) is 18.1. The summed E-state index contributed by atoms with van der Waals surface area (Å²) in [6.07, 6.45) is -4.24. The molecule has 4 rings (SSSR count). The van der Waals surface area contributed by atoms with Crippen LogP contribution < -0.4 is 25.6 Å². The van der Waals surface area contributed by atoms with Gasteiger partial charge in [0.25, 0.3) is 5.91 Å². The van der Waals surface area contributed by atoms with E-state index in [1.165, 1.54) is 14.2 Å². The van der Waals surface area contributed by atoms with Crippen LogP contribution in [-0.4, -0.2) is 51.4 Å². The maximum Gasteiger partial charge on any atom is 0.419 e. The molecule has 0 spiro atoms. The largest absolute Gasteiger partial charge is 0.494 e. The van der Waals surface area contributed by atoms with E-state index in [0.717, 1.165) is 11.8 Å². The minimum Gasteiger partial charge on any atom is -0.494 e. The quantitative estimate of drug-likeness (QED) is 0.322. The molecule has 1 aliphatic heterocycles. The average Bonchev–Trinajstić information content (AvgIpc) is 2.90. The van der Waals surface area contributed by atoms with Crippen LogP contribution in [0, 0.1) is 11.6 Å². The third-order valence-electron chi connectivity index (χ3n) is 5.83. The first-order valence-corrected chi connectivity index (χ1v) is 11.4. The predicted molar refractivity (Wildman–Crippen MR) is 139 cm³/mol. The highest BCUT2D eigenvalue weighted by molar-refractivity contribution is 6.00. The predicted octanol–water partition coefficient (Wildman–Crippen LogP) is 5.49. The van der Waals surface area contributed by atoms with Gasteiger partial charge >= 0.3 is 6.18 Å². The fourth-order valence-electron chi connectivity index (χ4n) is 3.91. The van der Waals surface area contributed by atoms with Crippen LogP contribution in [0.25, 0.3) is 0 Å². The van der Waals surface area contributed by atoms with Crippen molar-refractivity contribution in [2.75, 3.05) is 56.0 Å². The number of nitrogens with zero attached hydrogens (tertiary/aromatic N) is 2. The molecule has 39 heavy (non-hydrogen) atoms. The van der Waals surface area contributed by atoms with Crippen LogP contribution in [0.3, 0.4) is 0 Å². The number of nitrogens with one attached hydrogen (secondary N) is 3. The summed E-state index contributed by atoms with van der Waals surface area (Å²) in [6.45, 7) is 2.58. The Balaban J connectivity index is 0.00000420. The van der Waals surface area contributed by atoms with Crippen molar-refractivity contribution in [1.82, 2.24) is 10.3 Å². The maximum atomic E-state index is 14.0. The van der Waals surface area contributed by atoms with Crippen molar-refractivity contribution in [1.29, 1.82) is 0 Å². The lowest BCUT2D eigenvalue weighted by Crippen LogP contribution is -2.36. The van der Waals surface area contributed by atoms with Crippen molar-refractivity contribution in [2.45, 2.75) is 6.18 Å². The van der Waals surface area contributed by atoms with Gasteiger partial charge in [0.2, 0.25) is 0 Å². The van der Waals surface area contributed by atoms with Gasteiger partial charge in [0.05, 0.1) is 48.5 Å². The van der Waals surface area contributed by atoms with Gasteiger partial charge in [-0.05, 0) is 18.2 Å². The first kappa shape index (κ1) is 29.7. The number of hydrogen-bond acceptors (Lipinski definition) is 7. The summed E-state index contributed by atoms with van der Waals surface area (Å²) in [5.74, 6) is -3.06. The van der Waals surface area contributed by atoms with Gasteiger partial charge in [0, 0.05) is 50.2 Å². The van der Waals surface area contributed by atoms with E-state index < -0.39 is 35.0 Å². The minimum atomic E-state index is -4.84. The lowest BCUT2D eigenvalue weighted by molar-refractivity contribution is -0.137. The van der Waals surface area contributed by atoms with Gasteiger partial charge in [-0.25, -0.2) is 13.8 Å². The number of rotatable bonds is 7. The Bertz CT molecular complexity index is 1340. The van der Waals surface area contributed by atoms with Crippen LogP contribution in [0.4, 0.5) is 50.5 Å². The number of anilines is 5. The molecule has 1 saturated heterocycles. The molecule has 1 amide bonds. The highest BCUT2D eigenvalue weighted by Crippen LogP contribution is 2.39. The van der Waals surface area contributed by atoms with E-state index in [4.69, 9.17) is 9.47 Å². The molecule has 0 radical (unpaired) electrons. The van der Waals surface area contributed by atoms with Gasteiger partial charge in [0.15, 0.2) is 11.6 Å². The summed E-state index contributed by atoms with van der Waals surface area (Å²) in [7, 11) is 2.71. The molecule has 2 aromatic carbocycles. The molecule has 3 N–H and O–H groups in total. The molecule has 3 aromatic rings. The van der Waals surface area contributed by atoms with Crippen molar-refractivity contribution in [2.24, 2.45) is 0 Å². The van der Waals surface area contributed by atoms with Gasteiger partial charge in [-0.1, -0.05) is 0 Å². The molecule has 0 saturated carbocycles. The molecular formula is C25H25ClF5N5O3. The Hall–Kier alpha value is -3.84. The van der Waals surface area contributed by atoms with Gasteiger partial charge in [-0.15, -0.1) is 12.4 Å². The summed E-state index contributed by atoms with van der Waals surface area (Å²) in [6, 6.07) is 7.58. The fourth-order valence-corrected chi connectivity index (χ4v) is 3.91. The summed E-state index contributed by atoms with van der Waals surface area (Å²) in [4.78, 5) is 18.2. The second-order valence-corrected chi connectivity index (χ2v) is 8.24. The Morgan fingerprint density at radius 2 is 1.69 bits per heavy atom. The number of methoxy groups -OCH3 is 1.